The number of aromatic nitrogens is 10. The molecule has 492 valence electrons. The molecule has 0 bridgehead atoms. The third-order valence-electron chi connectivity index (χ3n) is 18.3. The van der Waals surface area contributed by atoms with Crippen LogP contribution in [0.5, 0.6) is 11.8 Å². The van der Waals surface area contributed by atoms with Crippen LogP contribution >= 0.6 is 35.6 Å². The summed E-state index contributed by atoms with van der Waals surface area (Å²) in [6, 6.07) is 9.52. The minimum atomic E-state index is -4.23. The molecule has 6 fully saturated rings. The fourth-order valence-electron chi connectivity index (χ4n) is 13.3. The van der Waals surface area contributed by atoms with E-state index in [1.54, 1.807) is 72.3 Å². The SMILES string of the molecule is Cc1cn(CCCC2CCC(C)(C)C2)nc1S(N)(=O)=O.Cc1cn(CCCC2CNC(C)(C)C2)nc1S(=O)(=O)NC(=O)c1ccc(-n2ccc(OCCC(C3CC3)C3CC3)n2)nc1Cl.Cl.O=C(O)c1ccc(-n2ccc(OCCC(C3CC3)C3CC3)n2)nc1Cl. The molecule has 0 aromatic carbocycles. The Balaban J connectivity index is 0.000000176. The van der Waals surface area contributed by atoms with Gasteiger partial charge in [-0.3, -0.25) is 14.2 Å². The summed E-state index contributed by atoms with van der Waals surface area (Å²) < 4.78 is 69.1. The van der Waals surface area contributed by atoms with Crippen LogP contribution in [0.25, 0.3) is 11.6 Å². The number of halogens is 3. The third-order valence-corrected chi connectivity index (χ3v) is 21.2. The van der Waals surface area contributed by atoms with Crippen LogP contribution in [0.15, 0.2) is 71.2 Å². The smallest absolute Gasteiger partial charge is 0.338 e. The van der Waals surface area contributed by atoms with Gasteiger partial charge in [0.15, 0.2) is 21.7 Å². The molecule has 1 saturated heterocycles. The van der Waals surface area contributed by atoms with Crippen LogP contribution in [-0.2, 0) is 33.1 Å². The quantitative estimate of drug-likeness (QED) is 0.0349. The number of carbonyl (C=O) groups is 2. The summed E-state index contributed by atoms with van der Waals surface area (Å²) in [6.45, 7) is 16.1. The van der Waals surface area contributed by atoms with E-state index in [1.165, 1.54) is 98.5 Å². The number of pyridine rings is 2. The number of sulfonamides is 2. The third kappa shape index (κ3) is 19.0. The molecule has 2 unspecified atom stereocenters. The first kappa shape index (κ1) is 68.7. The van der Waals surface area contributed by atoms with E-state index in [2.05, 4.69) is 68.1 Å². The zero-order valence-corrected chi connectivity index (χ0v) is 56.4. The van der Waals surface area contributed by atoms with Crippen molar-refractivity contribution in [2.75, 3.05) is 19.8 Å². The second kappa shape index (κ2) is 29.1. The summed E-state index contributed by atoms with van der Waals surface area (Å²) in [5.41, 5.74) is 1.64. The van der Waals surface area contributed by atoms with Crippen molar-refractivity contribution in [1.29, 1.82) is 0 Å². The number of rotatable bonds is 27. The van der Waals surface area contributed by atoms with E-state index in [0.29, 0.717) is 65.6 Å². The standard InChI is InChI=1S/C31H42ClN7O4S.C18H20ClN3O3.C14H25N3O2S.ClH/c1-20-19-38(14-4-5-21-17-31(2,3)33-18-21)36-30(20)44(41,42)37-29(40)25-10-11-26(34-28(25)32)39-15-12-27(35-39)43-16-13-24(22-6-7-22)23-8-9-23;19-17-14(18(23)24)5-6-15(20-17)22-9-7-16(21-22)25-10-8-13(11-1-2-11)12-3-4-12;1-11-10-17(16-13(11)20(15,18)19)8-4-5-12-6-7-14(2,3)9-12;/h10-12,15,19,21-24,33H,4-9,13-14,16-18H2,1-3H3,(H,37,40);5-7,9,11-13H,1-4,8,10H2,(H,23,24);10,12H,4-9H2,1-3H3,(H2,15,18,19);1H. The predicted molar refractivity (Wildman–Crippen MR) is 345 cm³/mol. The molecule has 6 aromatic rings. The molecule has 12 rings (SSSR count). The van der Waals surface area contributed by atoms with Gasteiger partial charge in [-0.15, -0.1) is 22.6 Å². The molecule has 5 N–H and O–H groups in total. The fourth-order valence-corrected chi connectivity index (χ4v) is 15.6. The number of nitrogens with zero attached hydrogens (tertiary/aromatic N) is 10. The van der Waals surface area contributed by atoms with Gasteiger partial charge in [-0.25, -0.2) is 42.4 Å². The maximum atomic E-state index is 13.1. The summed E-state index contributed by atoms with van der Waals surface area (Å²) >= 11 is 12.3. The Kier molecular flexibility index (Phi) is 22.2. The molecule has 0 spiro atoms. The van der Waals surface area contributed by atoms with Gasteiger partial charge in [0.1, 0.15) is 10.3 Å². The minimum absolute atomic E-state index is 0. The van der Waals surface area contributed by atoms with E-state index in [4.69, 9.17) is 42.9 Å². The second-order valence-corrected chi connectivity index (χ2v) is 30.9. The van der Waals surface area contributed by atoms with Gasteiger partial charge in [-0.1, -0.05) is 37.0 Å². The van der Waals surface area contributed by atoms with Crippen LogP contribution < -0.4 is 24.7 Å². The highest BCUT2D eigenvalue weighted by Gasteiger charge is 2.42. The van der Waals surface area contributed by atoms with E-state index < -0.39 is 31.9 Å². The number of nitrogens with one attached hydrogen (secondary N) is 2. The molecule has 27 heteroatoms. The molecule has 22 nitrogen and oxygen atoms in total. The van der Waals surface area contributed by atoms with E-state index >= 15 is 0 Å². The van der Waals surface area contributed by atoms with Crippen LogP contribution in [-0.4, -0.2) is 108 Å². The normalized spacial score (nSPS) is 19.4. The number of aryl methyl sites for hydroxylation is 4. The highest BCUT2D eigenvalue weighted by Crippen LogP contribution is 2.52. The number of ether oxygens (including phenoxy) is 2. The van der Waals surface area contributed by atoms with Crippen molar-refractivity contribution in [3.05, 3.63) is 93.7 Å². The molecule has 1 aliphatic heterocycles. The molecule has 0 radical (unpaired) electrons. The number of amides is 1. The van der Waals surface area contributed by atoms with E-state index in [-0.39, 0.29) is 49.4 Å². The van der Waals surface area contributed by atoms with Crippen molar-refractivity contribution in [2.45, 2.75) is 186 Å². The molecule has 2 atom stereocenters. The lowest BCUT2D eigenvalue weighted by molar-refractivity contribution is 0.0696. The molecule has 6 aliphatic rings. The van der Waals surface area contributed by atoms with Gasteiger partial charge in [0, 0.05) is 66.7 Å². The van der Waals surface area contributed by atoms with Crippen molar-refractivity contribution in [2.24, 2.45) is 57.9 Å². The van der Waals surface area contributed by atoms with E-state index in [0.717, 1.165) is 93.0 Å². The van der Waals surface area contributed by atoms with Crippen molar-refractivity contribution in [3.63, 3.8) is 0 Å². The lowest BCUT2D eigenvalue weighted by Gasteiger charge is -2.17. The van der Waals surface area contributed by atoms with Gasteiger partial charge >= 0.3 is 5.97 Å². The minimum Gasteiger partial charge on any atom is -0.478 e. The lowest BCUT2D eigenvalue weighted by atomic mass is 9.89. The molecule has 5 saturated carbocycles. The number of nitrogens with two attached hydrogens (primary N) is 1. The van der Waals surface area contributed by atoms with Gasteiger partial charge in [0.2, 0.25) is 11.8 Å². The Bertz CT molecular complexity index is 3660. The Morgan fingerprint density at radius 3 is 1.56 bits per heavy atom. The first-order valence-corrected chi connectivity index (χ1v) is 35.4. The number of hydrogen-bond acceptors (Lipinski definition) is 15. The molecule has 90 heavy (non-hydrogen) atoms. The number of carboxylic acids is 1. The van der Waals surface area contributed by atoms with E-state index in [1.807, 2.05) is 0 Å². The van der Waals surface area contributed by atoms with Gasteiger partial charge in [0.05, 0.1) is 24.3 Å². The fraction of sp³-hybridized carbons (Fsp3) is 0.619. The molecule has 5 aliphatic carbocycles. The second-order valence-electron chi connectivity index (χ2n) is 27.1. The van der Waals surface area contributed by atoms with Gasteiger partial charge < -0.3 is 19.9 Å². The number of aromatic carboxylic acids is 1. The summed E-state index contributed by atoms with van der Waals surface area (Å²) in [6.07, 6.45) is 29.2. The Hall–Kier alpha value is -5.63. The predicted octanol–water partition coefficient (Wildman–Crippen LogP) is 11.6. The van der Waals surface area contributed by atoms with Gasteiger partial charge in [0.25, 0.3) is 26.0 Å². The van der Waals surface area contributed by atoms with Crippen LogP contribution in [0.1, 0.15) is 175 Å². The largest absolute Gasteiger partial charge is 0.478 e. The lowest BCUT2D eigenvalue weighted by Crippen LogP contribution is -2.31. The number of carbonyl (C=O) groups excluding carboxylic acids is 1. The molecule has 1 amide bonds. The summed E-state index contributed by atoms with van der Waals surface area (Å²) in [7, 11) is -7.93. The summed E-state index contributed by atoms with van der Waals surface area (Å²) in [5, 5.41) is 34.4. The van der Waals surface area contributed by atoms with Crippen molar-refractivity contribution in [1.82, 2.24) is 59.1 Å². The van der Waals surface area contributed by atoms with Crippen molar-refractivity contribution >= 4 is 67.5 Å². The molecule has 7 heterocycles. The maximum Gasteiger partial charge on any atom is 0.338 e. The topological polar surface area (TPSA) is 288 Å². The van der Waals surface area contributed by atoms with Gasteiger partial charge in [-0.2, -0.15) is 18.6 Å². The van der Waals surface area contributed by atoms with Crippen LogP contribution in [0.3, 0.4) is 0 Å². The van der Waals surface area contributed by atoms with Crippen molar-refractivity contribution in [3.8, 4) is 23.4 Å². The highest BCUT2D eigenvalue weighted by atomic mass is 35.5. The average molecular weight is 1340 g/mol. The first-order chi connectivity index (χ1) is 42.3. The van der Waals surface area contributed by atoms with Crippen molar-refractivity contribution < 1.29 is 41.0 Å². The monoisotopic (exact) mass is 1340 g/mol. The van der Waals surface area contributed by atoms with Crippen LogP contribution in [0.4, 0.5) is 0 Å². The number of primary sulfonamides is 1. The van der Waals surface area contributed by atoms with E-state index in [9.17, 15) is 26.4 Å². The zero-order valence-electron chi connectivity index (χ0n) is 52.4. The van der Waals surface area contributed by atoms with Crippen LogP contribution in [0, 0.1) is 66.6 Å². The maximum absolute atomic E-state index is 13.1. The zero-order chi connectivity index (χ0) is 63.4. The molecule has 6 aromatic heterocycles. The Morgan fingerprint density at radius 1 is 0.678 bits per heavy atom. The highest BCUT2D eigenvalue weighted by molar-refractivity contribution is 7.90. The number of hydrogen-bond donors (Lipinski definition) is 4. The van der Waals surface area contributed by atoms with Gasteiger partial charge in [-0.05, 0) is 227 Å². The summed E-state index contributed by atoms with van der Waals surface area (Å²) in [5.74, 6) is 6.50. The number of carboxylic acid groups (broad SMARTS) is 1. The summed E-state index contributed by atoms with van der Waals surface area (Å²) in [4.78, 5) is 32.3. The molecular formula is C63H88Cl3N13O9S2. The molecular weight excluding hydrogens is 1250 g/mol. The first-order valence-electron chi connectivity index (χ1n) is 31.6. The average Bonchev–Trinajstić information content (AvgIpc) is 1.75. The Labute approximate surface area is 545 Å². The Morgan fingerprint density at radius 2 is 1.14 bits per heavy atom. The van der Waals surface area contributed by atoms with Crippen LogP contribution in [0.2, 0.25) is 10.3 Å².